The Labute approximate surface area is 144 Å². The molecule has 2 N–H and O–H groups in total. The topological polar surface area (TPSA) is 84.5 Å². The minimum absolute atomic E-state index is 0.0107. The van der Waals surface area contributed by atoms with Gasteiger partial charge in [-0.05, 0) is 31.5 Å². The number of halogens is 2. The maximum atomic E-state index is 11.6. The van der Waals surface area contributed by atoms with Gasteiger partial charge < -0.3 is 15.4 Å². The third-order valence-electron chi connectivity index (χ3n) is 2.59. The van der Waals surface area contributed by atoms with Crippen molar-refractivity contribution < 1.29 is 19.1 Å². The molecule has 0 fully saturated rings. The van der Waals surface area contributed by atoms with E-state index in [0.29, 0.717) is 15.6 Å². The Morgan fingerprint density at radius 3 is 2.43 bits per heavy atom. The lowest BCUT2D eigenvalue weighted by molar-refractivity contribution is -0.147. The quantitative estimate of drug-likeness (QED) is 0.725. The summed E-state index contributed by atoms with van der Waals surface area (Å²) in [6.45, 7) is 3.01. The number of carbonyl (C=O) groups excluding carboxylic acids is 3. The standard InChI is InChI=1S/C15H18Cl2N2O4/c1-9(2)19-13(20)7-18-14(21)8-23-15(22)6-10-3-4-11(16)12(17)5-10/h3-5,9H,6-8H2,1-2H3,(H,18,21)(H,19,20). The van der Waals surface area contributed by atoms with Gasteiger partial charge in [0, 0.05) is 6.04 Å². The van der Waals surface area contributed by atoms with Crippen LogP contribution in [0.1, 0.15) is 19.4 Å². The molecule has 1 aromatic carbocycles. The van der Waals surface area contributed by atoms with Gasteiger partial charge in [-0.1, -0.05) is 29.3 Å². The summed E-state index contributed by atoms with van der Waals surface area (Å²) in [6.07, 6.45) is -0.0298. The van der Waals surface area contributed by atoms with Gasteiger partial charge in [-0.15, -0.1) is 0 Å². The largest absolute Gasteiger partial charge is 0.455 e. The molecule has 1 aromatic rings. The van der Waals surface area contributed by atoms with Gasteiger partial charge >= 0.3 is 5.97 Å². The number of amides is 2. The summed E-state index contributed by atoms with van der Waals surface area (Å²) in [7, 11) is 0. The third-order valence-corrected chi connectivity index (χ3v) is 3.33. The zero-order chi connectivity index (χ0) is 17.4. The van der Waals surface area contributed by atoms with Gasteiger partial charge in [-0.25, -0.2) is 0 Å². The van der Waals surface area contributed by atoms with Crippen LogP contribution >= 0.6 is 23.2 Å². The van der Waals surface area contributed by atoms with Gasteiger partial charge in [-0.3, -0.25) is 14.4 Å². The summed E-state index contributed by atoms with van der Waals surface area (Å²) in [4.78, 5) is 34.5. The van der Waals surface area contributed by atoms with E-state index in [1.54, 1.807) is 18.2 Å². The van der Waals surface area contributed by atoms with Crippen molar-refractivity contribution in [3.8, 4) is 0 Å². The van der Waals surface area contributed by atoms with Crippen molar-refractivity contribution >= 4 is 41.0 Å². The Morgan fingerprint density at radius 1 is 1.13 bits per heavy atom. The highest BCUT2D eigenvalue weighted by Crippen LogP contribution is 2.22. The van der Waals surface area contributed by atoms with Gasteiger partial charge in [0.15, 0.2) is 6.61 Å². The van der Waals surface area contributed by atoms with Crippen LogP contribution in [0, 0.1) is 0 Å². The molecule has 23 heavy (non-hydrogen) atoms. The predicted octanol–water partition coefficient (Wildman–Crippen LogP) is 1.72. The molecule has 0 heterocycles. The molecule has 6 nitrogen and oxygen atoms in total. The fourth-order valence-electron chi connectivity index (χ4n) is 1.62. The highest BCUT2D eigenvalue weighted by atomic mass is 35.5. The Balaban J connectivity index is 2.31. The van der Waals surface area contributed by atoms with Crippen molar-refractivity contribution in [1.82, 2.24) is 10.6 Å². The molecule has 0 aliphatic heterocycles. The number of hydrogen-bond acceptors (Lipinski definition) is 4. The summed E-state index contributed by atoms with van der Waals surface area (Å²) in [5.74, 6) is -1.44. The van der Waals surface area contributed by atoms with Crippen LogP contribution in [-0.4, -0.2) is 37.0 Å². The molecule has 0 unspecified atom stereocenters. The second-order valence-electron chi connectivity index (χ2n) is 5.08. The fraction of sp³-hybridized carbons (Fsp3) is 0.400. The summed E-state index contributed by atoms with van der Waals surface area (Å²) < 4.78 is 4.83. The van der Waals surface area contributed by atoms with Crippen LogP contribution in [0.5, 0.6) is 0 Å². The fourth-order valence-corrected chi connectivity index (χ4v) is 1.94. The lowest BCUT2D eigenvalue weighted by Crippen LogP contribution is -2.41. The van der Waals surface area contributed by atoms with Crippen LogP contribution < -0.4 is 10.6 Å². The Morgan fingerprint density at radius 2 is 1.83 bits per heavy atom. The van der Waals surface area contributed by atoms with Gasteiger partial charge in [-0.2, -0.15) is 0 Å². The first-order valence-corrected chi connectivity index (χ1v) is 7.69. The summed E-state index contributed by atoms with van der Waals surface area (Å²) >= 11 is 11.6. The van der Waals surface area contributed by atoms with Crippen LogP contribution in [0.25, 0.3) is 0 Å². The lowest BCUT2D eigenvalue weighted by atomic mass is 10.1. The number of benzene rings is 1. The molecule has 2 amide bonds. The first kappa shape index (κ1) is 19.3. The van der Waals surface area contributed by atoms with E-state index in [-0.39, 0.29) is 24.9 Å². The Hall–Kier alpha value is -1.79. The number of nitrogens with one attached hydrogen (secondary N) is 2. The van der Waals surface area contributed by atoms with Crippen molar-refractivity contribution in [2.24, 2.45) is 0 Å². The number of carbonyl (C=O) groups is 3. The zero-order valence-electron chi connectivity index (χ0n) is 12.8. The molecule has 8 heteroatoms. The normalized spacial score (nSPS) is 10.3. The third kappa shape index (κ3) is 7.85. The minimum atomic E-state index is -0.579. The van der Waals surface area contributed by atoms with Gasteiger partial charge in [0.05, 0.1) is 23.0 Å². The van der Waals surface area contributed by atoms with E-state index in [1.165, 1.54) is 0 Å². The molecule has 0 aromatic heterocycles. The molecular formula is C15H18Cl2N2O4. The van der Waals surface area contributed by atoms with Crippen LogP contribution in [0.4, 0.5) is 0 Å². The second kappa shape index (κ2) is 9.37. The molecule has 0 aliphatic carbocycles. The molecule has 0 aliphatic rings. The van der Waals surface area contributed by atoms with Crippen molar-refractivity contribution in [3.63, 3.8) is 0 Å². The number of rotatable bonds is 7. The average molecular weight is 361 g/mol. The smallest absolute Gasteiger partial charge is 0.310 e. The SMILES string of the molecule is CC(C)NC(=O)CNC(=O)COC(=O)Cc1ccc(Cl)c(Cl)c1. The van der Waals surface area contributed by atoms with E-state index in [4.69, 9.17) is 27.9 Å². The van der Waals surface area contributed by atoms with Crippen molar-refractivity contribution in [1.29, 1.82) is 0 Å². The number of ether oxygens (including phenoxy) is 1. The molecule has 0 radical (unpaired) electrons. The van der Waals surface area contributed by atoms with Crippen molar-refractivity contribution in [2.75, 3.05) is 13.2 Å². The number of esters is 1. The maximum Gasteiger partial charge on any atom is 0.310 e. The molecule has 0 saturated carbocycles. The second-order valence-corrected chi connectivity index (χ2v) is 5.90. The highest BCUT2D eigenvalue weighted by Gasteiger charge is 2.11. The summed E-state index contributed by atoms with van der Waals surface area (Å²) in [5, 5.41) is 5.71. The molecule has 0 bridgehead atoms. The highest BCUT2D eigenvalue weighted by molar-refractivity contribution is 6.42. The summed E-state index contributed by atoms with van der Waals surface area (Å²) in [6, 6.07) is 4.77. The average Bonchev–Trinajstić information content (AvgIpc) is 2.46. The van der Waals surface area contributed by atoms with E-state index in [0.717, 1.165) is 0 Å². The first-order chi connectivity index (χ1) is 10.8. The van der Waals surface area contributed by atoms with Crippen LogP contribution in [0.15, 0.2) is 18.2 Å². The van der Waals surface area contributed by atoms with Crippen molar-refractivity contribution in [2.45, 2.75) is 26.3 Å². The molecular weight excluding hydrogens is 343 g/mol. The van der Waals surface area contributed by atoms with Gasteiger partial charge in [0.1, 0.15) is 0 Å². The van der Waals surface area contributed by atoms with Gasteiger partial charge in [0.25, 0.3) is 5.91 Å². The predicted molar refractivity (Wildman–Crippen MR) is 87.4 cm³/mol. The van der Waals surface area contributed by atoms with E-state index in [1.807, 2.05) is 13.8 Å². The maximum absolute atomic E-state index is 11.6. The Bertz CT molecular complexity index is 591. The van der Waals surface area contributed by atoms with E-state index >= 15 is 0 Å². The Kier molecular flexibility index (Phi) is 7.85. The molecule has 0 spiro atoms. The van der Waals surface area contributed by atoms with Gasteiger partial charge in [0.2, 0.25) is 5.91 Å². The van der Waals surface area contributed by atoms with E-state index in [2.05, 4.69) is 10.6 Å². The van der Waals surface area contributed by atoms with E-state index in [9.17, 15) is 14.4 Å². The van der Waals surface area contributed by atoms with Crippen molar-refractivity contribution in [3.05, 3.63) is 33.8 Å². The molecule has 0 atom stereocenters. The molecule has 1 rings (SSSR count). The minimum Gasteiger partial charge on any atom is -0.455 e. The van der Waals surface area contributed by atoms with Crippen LogP contribution in [0.2, 0.25) is 10.0 Å². The molecule has 126 valence electrons. The summed E-state index contributed by atoms with van der Waals surface area (Å²) in [5.41, 5.74) is 0.626. The zero-order valence-corrected chi connectivity index (χ0v) is 14.3. The first-order valence-electron chi connectivity index (χ1n) is 6.93. The monoisotopic (exact) mass is 360 g/mol. The van der Waals surface area contributed by atoms with Crippen LogP contribution in [-0.2, 0) is 25.5 Å². The van der Waals surface area contributed by atoms with Crippen LogP contribution in [0.3, 0.4) is 0 Å². The lowest BCUT2D eigenvalue weighted by Gasteiger charge is -2.09. The molecule has 0 saturated heterocycles. The number of hydrogen-bond donors (Lipinski definition) is 2. The van der Waals surface area contributed by atoms with E-state index < -0.39 is 18.5 Å².